The van der Waals surface area contributed by atoms with E-state index < -0.39 is 4.92 Å². The van der Waals surface area contributed by atoms with Gasteiger partial charge in [-0.25, -0.2) is 4.98 Å². The van der Waals surface area contributed by atoms with Crippen LogP contribution in [-0.4, -0.2) is 21.9 Å². The molecule has 0 aliphatic rings. The van der Waals surface area contributed by atoms with Gasteiger partial charge in [0.05, 0.1) is 4.92 Å². The van der Waals surface area contributed by atoms with E-state index in [9.17, 15) is 10.1 Å². The fraction of sp³-hybridized carbons (Fsp3) is 0.231. The van der Waals surface area contributed by atoms with Crippen molar-refractivity contribution in [2.75, 3.05) is 17.7 Å². The summed E-state index contributed by atoms with van der Waals surface area (Å²) >= 11 is 0. The van der Waals surface area contributed by atoms with E-state index in [-0.39, 0.29) is 11.5 Å². The van der Waals surface area contributed by atoms with Crippen LogP contribution in [0.15, 0.2) is 24.3 Å². The minimum atomic E-state index is -0.481. The maximum atomic E-state index is 11.2. The molecule has 0 atom stereocenters. The number of aromatic nitrogens is 2. The van der Waals surface area contributed by atoms with Gasteiger partial charge in [0, 0.05) is 12.7 Å². The van der Waals surface area contributed by atoms with Crippen molar-refractivity contribution in [1.29, 1.82) is 0 Å². The Kier molecular flexibility index (Phi) is 3.79. The van der Waals surface area contributed by atoms with Crippen molar-refractivity contribution in [3.8, 4) is 0 Å². The van der Waals surface area contributed by atoms with E-state index >= 15 is 0 Å². The van der Waals surface area contributed by atoms with Crippen molar-refractivity contribution < 1.29 is 4.92 Å². The quantitative estimate of drug-likeness (QED) is 0.657. The van der Waals surface area contributed by atoms with Crippen molar-refractivity contribution in [3.63, 3.8) is 0 Å². The molecule has 0 fully saturated rings. The average molecular weight is 273 g/mol. The maximum absolute atomic E-state index is 11.2. The molecule has 2 N–H and O–H groups in total. The average Bonchev–Trinajstić information content (AvgIpc) is 2.40. The number of benzene rings is 1. The predicted octanol–water partition coefficient (Wildman–Crippen LogP) is 2.79. The Hall–Kier alpha value is -2.70. The van der Waals surface area contributed by atoms with E-state index in [1.807, 2.05) is 31.2 Å². The fourth-order valence-corrected chi connectivity index (χ4v) is 1.76. The molecule has 7 heteroatoms. The highest BCUT2D eigenvalue weighted by atomic mass is 16.6. The number of anilines is 3. The smallest absolute Gasteiger partial charge is 0.332 e. The molecule has 0 aliphatic carbocycles. The highest BCUT2D eigenvalue weighted by molar-refractivity contribution is 5.68. The zero-order valence-electron chi connectivity index (χ0n) is 11.5. The van der Waals surface area contributed by atoms with Gasteiger partial charge in [-0.15, -0.1) is 0 Å². The number of nitrogens with one attached hydrogen (secondary N) is 2. The van der Waals surface area contributed by atoms with Crippen LogP contribution in [0.4, 0.5) is 23.1 Å². The molecule has 0 radical (unpaired) electrons. The van der Waals surface area contributed by atoms with Crippen LogP contribution in [0.3, 0.4) is 0 Å². The summed E-state index contributed by atoms with van der Waals surface area (Å²) in [5.74, 6) is 0.512. The first-order valence-electron chi connectivity index (χ1n) is 6.05. The molecule has 20 heavy (non-hydrogen) atoms. The summed E-state index contributed by atoms with van der Waals surface area (Å²) in [5, 5.41) is 16.9. The van der Waals surface area contributed by atoms with E-state index in [4.69, 9.17) is 0 Å². The summed E-state index contributed by atoms with van der Waals surface area (Å²) in [6, 6.07) is 7.52. The summed E-state index contributed by atoms with van der Waals surface area (Å²) in [6.45, 7) is 3.56. The van der Waals surface area contributed by atoms with Gasteiger partial charge in [0.15, 0.2) is 0 Å². The zero-order valence-corrected chi connectivity index (χ0v) is 11.5. The van der Waals surface area contributed by atoms with E-state index in [0.29, 0.717) is 11.6 Å². The van der Waals surface area contributed by atoms with Crippen molar-refractivity contribution >= 4 is 23.1 Å². The monoisotopic (exact) mass is 273 g/mol. The van der Waals surface area contributed by atoms with Gasteiger partial charge in [0.25, 0.3) is 0 Å². The minimum Gasteiger partial charge on any atom is -0.357 e. The molecule has 1 aromatic carbocycles. The summed E-state index contributed by atoms with van der Waals surface area (Å²) in [4.78, 5) is 18.8. The lowest BCUT2D eigenvalue weighted by Crippen LogP contribution is -2.07. The fourth-order valence-electron chi connectivity index (χ4n) is 1.76. The van der Waals surface area contributed by atoms with Crippen LogP contribution in [0.25, 0.3) is 0 Å². The first-order chi connectivity index (χ1) is 9.51. The van der Waals surface area contributed by atoms with E-state index in [2.05, 4.69) is 20.6 Å². The second kappa shape index (κ2) is 5.52. The highest BCUT2D eigenvalue weighted by Crippen LogP contribution is 2.29. The number of nitrogens with zero attached hydrogens (tertiary/aromatic N) is 3. The second-order valence-corrected chi connectivity index (χ2v) is 4.33. The third-order valence-corrected chi connectivity index (χ3v) is 2.78. The maximum Gasteiger partial charge on any atom is 0.332 e. The molecule has 1 heterocycles. The zero-order chi connectivity index (χ0) is 14.7. The Labute approximate surface area is 116 Å². The first-order valence-corrected chi connectivity index (χ1v) is 6.05. The number of rotatable bonds is 4. The van der Waals surface area contributed by atoms with E-state index in [1.165, 1.54) is 0 Å². The van der Waals surface area contributed by atoms with Gasteiger partial charge < -0.3 is 10.6 Å². The van der Waals surface area contributed by atoms with Gasteiger partial charge in [-0.05, 0) is 26.0 Å². The van der Waals surface area contributed by atoms with Crippen LogP contribution < -0.4 is 10.6 Å². The van der Waals surface area contributed by atoms with Crippen molar-refractivity contribution in [3.05, 3.63) is 45.6 Å². The van der Waals surface area contributed by atoms with Crippen LogP contribution in [0.1, 0.15) is 11.3 Å². The lowest BCUT2D eigenvalue weighted by atomic mass is 10.2. The molecular weight excluding hydrogens is 258 g/mol. The van der Waals surface area contributed by atoms with Gasteiger partial charge in [0.1, 0.15) is 5.69 Å². The third-order valence-electron chi connectivity index (χ3n) is 2.78. The molecule has 0 aliphatic heterocycles. The molecule has 1 aromatic heterocycles. The van der Waals surface area contributed by atoms with Crippen LogP contribution in [-0.2, 0) is 0 Å². The Morgan fingerprint density at radius 3 is 2.35 bits per heavy atom. The van der Waals surface area contributed by atoms with Crippen molar-refractivity contribution in [1.82, 2.24) is 9.97 Å². The summed E-state index contributed by atoms with van der Waals surface area (Å²) in [5.41, 5.74) is 2.03. The predicted molar refractivity (Wildman–Crippen MR) is 77.4 cm³/mol. The molecule has 0 unspecified atom stereocenters. The normalized spacial score (nSPS) is 10.2. The number of nitro groups is 1. The molecule has 0 bridgehead atoms. The number of hydrogen-bond acceptors (Lipinski definition) is 6. The summed E-state index contributed by atoms with van der Waals surface area (Å²) < 4.78 is 0. The van der Waals surface area contributed by atoms with Gasteiger partial charge in [0.2, 0.25) is 11.8 Å². The van der Waals surface area contributed by atoms with Crippen molar-refractivity contribution in [2.24, 2.45) is 0 Å². The van der Waals surface area contributed by atoms with Gasteiger partial charge >= 0.3 is 5.69 Å². The van der Waals surface area contributed by atoms with Gasteiger partial charge in [-0.3, -0.25) is 10.1 Å². The molecule has 7 nitrogen and oxygen atoms in total. The van der Waals surface area contributed by atoms with Crippen LogP contribution in [0, 0.1) is 24.0 Å². The van der Waals surface area contributed by atoms with Crippen LogP contribution in [0.2, 0.25) is 0 Å². The van der Waals surface area contributed by atoms with Gasteiger partial charge in [-0.1, -0.05) is 17.7 Å². The second-order valence-electron chi connectivity index (χ2n) is 4.33. The van der Waals surface area contributed by atoms with Crippen LogP contribution >= 0.6 is 0 Å². The van der Waals surface area contributed by atoms with E-state index in [0.717, 1.165) is 11.3 Å². The van der Waals surface area contributed by atoms with Crippen LogP contribution in [0.5, 0.6) is 0 Å². The highest BCUT2D eigenvalue weighted by Gasteiger charge is 2.21. The SMILES string of the molecule is CNc1nc(C)c([N+](=O)[O-])c(Nc2ccc(C)cc2)n1. The lowest BCUT2D eigenvalue weighted by molar-refractivity contribution is -0.385. The Morgan fingerprint density at radius 2 is 1.80 bits per heavy atom. The molecule has 0 amide bonds. The molecule has 0 saturated carbocycles. The summed E-state index contributed by atoms with van der Waals surface area (Å²) in [7, 11) is 1.66. The number of hydrogen-bond donors (Lipinski definition) is 2. The standard InChI is InChI=1S/C13H15N5O2/c1-8-4-6-10(7-5-8)16-12-11(18(19)20)9(2)15-13(14-3)17-12/h4-7H,1-3H3,(H2,14,15,16,17). The molecule has 2 aromatic rings. The number of aryl methyl sites for hydroxylation is 2. The Balaban J connectivity index is 2.45. The molecule has 2 rings (SSSR count). The molecule has 0 spiro atoms. The topological polar surface area (TPSA) is 93.0 Å². The Bertz CT molecular complexity index is 640. The summed E-state index contributed by atoms with van der Waals surface area (Å²) in [6.07, 6.45) is 0. The Morgan fingerprint density at radius 1 is 1.15 bits per heavy atom. The minimum absolute atomic E-state index is 0.121. The van der Waals surface area contributed by atoms with Gasteiger partial charge in [-0.2, -0.15) is 4.98 Å². The van der Waals surface area contributed by atoms with E-state index in [1.54, 1.807) is 14.0 Å². The third kappa shape index (κ3) is 2.82. The molecular formula is C13H15N5O2. The largest absolute Gasteiger partial charge is 0.357 e. The first kappa shape index (κ1) is 13.7. The lowest BCUT2D eigenvalue weighted by Gasteiger charge is -2.09. The molecule has 0 saturated heterocycles. The molecule has 104 valence electrons. The van der Waals surface area contributed by atoms with Crippen molar-refractivity contribution in [2.45, 2.75) is 13.8 Å².